The van der Waals surface area contributed by atoms with Crippen LogP contribution in [0.5, 0.6) is 0 Å². The van der Waals surface area contributed by atoms with Gasteiger partial charge < -0.3 is 0 Å². The van der Waals surface area contributed by atoms with E-state index in [2.05, 4.69) is 83.1 Å². The predicted molar refractivity (Wildman–Crippen MR) is 171 cm³/mol. The van der Waals surface area contributed by atoms with Gasteiger partial charge in [0.2, 0.25) is 0 Å². The summed E-state index contributed by atoms with van der Waals surface area (Å²) < 4.78 is 63.2. The van der Waals surface area contributed by atoms with E-state index in [1.807, 2.05) is 0 Å². The molecule has 6 atom stereocenters. The van der Waals surface area contributed by atoms with Gasteiger partial charge in [-0.1, -0.05) is 83.1 Å². The summed E-state index contributed by atoms with van der Waals surface area (Å²) in [4.78, 5) is 0. The van der Waals surface area contributed by atoms with Crippen molar-refractivity contribution in [2.45, 2.75) is 134 Å². The van der Waals surface area contributed by atoms with Gasteiger partial charge in [-0.25, -0.2) is 9.13 Å². The van der Waals surface area contributed by atoms with Gasteiger partial charge in [0.25, 0.3) is 0 Å². The number of hydrogen-bond acceptors (Lipinski definition) is 8. The summed E-state index contributed by atoms with van der Waals surface area (Å²) in [6, 6.07) is 0. The third-order valence-electron chi connectivity index (χ3n) is 10.9. The second-order valence-electron chi connectivity index (χ2n) is 18.5. The van der Waals surface area contributed by atoms with Crippen LogP contribution in [-0.2, 0) is 36.3 Å². The van der Waals surface area contributed by atoms with Gasteiger partial charge in [-0.15, -0.1) is 0 Å². The first-order valence-corrected chi connectivity index (χ1v) is 19.5. The topological polar surface area (TPSA) is 89.5 Å². The third-order valence-corrected chi connectivity index (χ3v) is 13.7. The molecule has 10 heteroatoms. The highest BCUT2D eigenvalue weighted by atomic mass is 31.2. The van der Waals surface area contributed by atoms with Crippen LogP contribution in [0.15, 0.2) is 0 Å². The lowest BCUT2D eigenvalue weighted by Crippen LogP contribution is -2.47. The minimum atomic E-state index is -3.76. The molecule has 0 bridgehead atoms. The van der Waals surface area contributed by atoms with Crippen molar-refractivity contribution in [3.05, 3.63) is 0 Å². The quantitative estimate of drug-likeness (QED) is 0.278. The predicted octanol–water partition coefficient (Wildman–Crippen LogP) is 10.1. The largest absolute Gasteiger partial charge is 0.475 e. The third kappa shape index (κ3) is 8.78. The van der Waals surface area contributed by atoms with Crippen LogP contribution < -0.4 is 0 Å². The van der Waals surface area contributed by atoms with Gasteiger partial charge in [-0.3, -0.25) is 27.1 Å². The van der Waals surface area contributed by atoms with Gasteiger partial charge in [0.05, 0.1) is 44.1 Å². The zero-order chi connectivity index (χ0) is 32.3. The Labute approximate surface area is 262 Å². The van der Waals surface area contributed by atoms with E-state index in [1.54, 1.807) is 0 Å². The number of phosphoric acid groups is 2. The van der Waals surface area contributed by atoms with E-state index >= 15 is 0 Å². The summed E-state index contributed by atoms with van der Waals surface area (Å²) in [6.07, 6.45) is 5.34. The van der Waals surface area contributed by atoms with Crippen LogP contribution in [-0.4, -0.2) is 38.6 Å². The van der Waals surface area contributed by atoms with Crippen molar-refractivity contribution in [1.82, 2.24) is 0 Å². The number of hydrogen-bond donors (Lipinski definition) is 0. The van der Waals surface area contributed by atoms with Crippen LogP contribution in [0.1, 0.15) is 122 Å². The lowest BCUT2D eigenvalue weighted by atomic mass is 9.62. The summed E-state index contributed by atoms with van der Waals surface area (Å²) in [5.74, 6) is 1.63. The number of rotatable bonds is 4. The molecule has 2 saturated carbocycles. The fraction of sp³-hybridized carbons (Fsp3) is 1.00. The second-order valence-corrected chi connectivity index (χ2v) is 21.7. The zero-order valence-electron chi connectivity index (χ0n) is 29.2. The molecule has 8 nitrogen and oxygen atoms in total. The average Bonchev–Trinajstić information content (AvgIpc) is 2.86. The van der Waals surface area contributed by atoms with E-state index in [4.69, 9.17) is 27.1 Å². The Bertz CT molecular complexity index is 951. The molecule has 2 aliphatic heterocycles. The maximum atomic E-state index is 13.7. The van der Waals surface area contributed by atoms with Crippen LogP contribution >= 0.6 is 15.6 Å². The van der Waals surface area contributed by atoms with E-state index < -0.39 is 21.1 Å². The van der Waals surface area contributed by atoms with Crippen molar-refractivity contribution in [3.8, 4) is 0 Å². The minimum Gasteiger partial charge on any atom is -0.286 e. The maximum absolute atomic E-state index is 13.7. The molecule has 1 spiro atoms. The van der Waals surface area contributed by atoms with E-state index in [1.165, 1.54) is 0 Å². The smallest absolute Gasteiger partial charge is 0.286 e. The average molecular weight is 649 g/mol. The molecule has 2 heterocycles. The molecule has 4 rings (SSSR count). The molecule has 2 saturated heterocycles. The van der Waals surface area contributed by atoms with Gasteiger partial charge in [-0.2, -0.15) is 0 Å². The van der Waals surface area contributed by atoms with Crippen LogP contribution in [0.4, 0.5) is 0 Å². The minimum absolute atomic E-state index is 0.00501. The van der Waals surface area contributed by atoms with Crippen molar-refractivity contribution >= 4 is 15.6 Å². The van der Waals surface area contributed by atoms with Crippen LogP contribution in [0, 0.1) is 50.7 Å². The van der Waals surface area contributed by atoms with Crippen molar-refractivity contribution < 1.29 is 36.3 Å². The molecular formula is C33H62O8P2. The first-order chi connectivity index (χ1) is 19.4. The van der Waals surface area contributed by atoms with Crippen LogP contribution in [0.2, 0.25) is 0 Å². The van der Waals surface area contributed by atoms with Gasteiger partial charge in [0.1, 0.15) is 0 Å². The van der Waals surface area contributed by atoms with Crippen LogP contribution in [0.3, 0.4) is 0 Å². The first kappa shape index (κ1) is 36.1. The molecule has 0 aromatic heterocycles. The summed E-state index contributed by atoms with van der Waals surface area (Å²) in [6.45, 7) is 27.5. The molecular weight excluding hydrogens is 586 g/mol. The Balaban J connectivity index is 1.34. The van der Waals surface area contributed by atoms with Crippen molar-refractivity contribution in [1.29, 1.82) is 0 Å². The highest BCUT2D eigenvalue weighted by Crippen LogP contribution is 2.63. The molecule has 0 aromatic carbocycles. The molecule has 4 fully saturated rings. The standard InChI is InChI=1S/C33H62O8P2/c1-29(2,3)23-13-15-27(25(17-23)31(7,8)9)40-42(34)36-19-33(20-37-42)21-38-43(35,39-22-33)41-28-16-14-24(30(4,5)6)18-26(28)32(10,11)12/h23-28H,13-22H2,1-12H3. The van der Waals surface area contributed by atoms with Gasteiger partial charge >= 0.3 is 15.6 Å². The van der Waals surface area contributed by atoms with Crippen LogP contribution in [0.25, 0.3) is 0 Å². The van der Waals surface area contributed by atoms with Gasteiger partial charge in [0, 0.05) is 0 Å². The van der Waals surface area contributed by atoms with E-state index in [-0.39, 0.29) is 72.1 Å². The Morgan fingerprint density at radius 3 is 1.07 bits per heavy atom. The fourth-order valence-electron chi connectivity index (χ4n) is 7.58. The Hall–Kier alpha value is 0.220. The van der Waals surface area contributed by atoms with E-state index in [0.717, 1.165) is 38.5 Å². The van der Waals surface area contributed by atoms with Gasteiger partial charge in [0.15, 0.2) is 0 Å². The molecule has 0 radical (unpaired) electrons. The second kappa shape index (κ2) is 12.3. The molecule has 0 amide bonds. The van der Waals surface area contributed by atoms with Gasteiger partial charge in [-0.05, 0) is 83.9 Å². The molecule has 4 aliphatic rings. The summed E-state index contributed by atoms with van der Waals surface area (Å²) in [5, 5.41) is 0. The highest BCUT2D eigenvalue weighted by Gasteiger charge is 2.53. The maximum Gasteiger partial charge on any atom is 0.475 e. The fourth-order valence-corrected chi connectivity index (χ4v) is 10.9. The molecule has 0 aromatic rings. The Morgan fingerprint density at radius 2 is 0.814 bits per heavy atom. The van der Waals surface area contributed by atoms with Crippen molar-refractivity contribution in [2.75, 3.05) is 26.4 Å². The molecule has 6 unspecified atom stereocenters. The lowest BCUT2D eigenvalue weighted by molar-refractivity contribution is -0.116. The normalized spacial score (nSPS) is 42.2. The molecule has 0 N–H and O–H groups in total. The number of phosphoric ester groups is 2. The van der Waals surface area contributed by atoms with E-state index in [0.29, 0.717) is 11.8 Å². The first-order valence-electron chi connectivity index (χ1n) is 16.6. The molecule has 43 heavy (non-hydrogen) atoms. The molecule has 252 valence electrons. The van der Waals surface area contributed by atoms with E-state index in [9.17, 15) is 9.13 Å². The SMILES string of the molecule is CC(C)(C)C1CCC(OP2(=O)OCC3(CO2)COP(=O)(OC2CCC(C(C)(C)C)CC2C(C)(C)C)OC3)C(C(C)(C)C)C1. The van der Waals surface area contributed by atoms with Crippen molar-refractivity contribution in [2.24, 2.45) is 50.7 Å². The monoisotopic (exact) mass is 648 g/mol. The summed E-state index contributed by atoms with van der Waals surface area (Å²) >= 11 is 0. The Kier molecular flexibility index (Phi) is 10.4. The lowest BCUT2D eigenvalue weighted by Gasteiger charge is -2.48. The highest BCUT2D eigenvalue weighted by molar-refractivity contribution is 7.48. The Morgan fingerprint density at radius 1 is 0.512 bits per heavy atom. The molecule has 2 aliphatic carbocycles. The summed E-state index contributed by atoms with van der Waals surface area (Å²) in [5.41, 5.74) is -0.293. The van der Waals surface area contributed by atoms with Crippen molar-refractivity contribution in [3.63, 3.8) is 0 Å². The summed E-state index contributed by atoms with van der Waals surface area (Å²) in [7, 11) is -7.52. The zero-order valence-corrected chi connectivity index (χ0v) is 31.0.